The molecule has 1 heterocycles. The average Bonchev–Trinajstić information content (AvgIpc) is 2.29. The monoisotopic (exact) mass is 233 g/mol. The van der Waals surface area contributed by atoms with Crippen molar-refractivity contribution in [2.75, 3.05) is 13.1 Å². The number of hydrogen-bond donors (Lipinski definition) is 3. The van der Waals surface area contributed by atoms with Crippen LogP contribution in [-0.2, 0) is 6.54 Å². The summed E-state index contributed by atoms with van der Waals surface area (Å²) in [5.74, 6) is 0.102. The molecule has 1 fully saturated rings. The average molecular weight is 233 g/mol. The smallest absolute Gasteiger partial charge is 0.122 e. The number of piperidine rings is 1. The molecule has 1 unspecified atom stereocenters. The van der Waals surface area contributed by atoms with Gasteiger partial charge in [-0.3, -0.25) is 10.3 Å². The number of amidine groups is 1. The molecule has 0 spiro atoms. The summed E-state index contributed by atoms with van der Waals surface area (Å²) in [5.41, 5.74) is 7.38. The number of aliphatic hydroxyl groups excluding tert-OH is 1. The van der Waals surface area contributed by atoms with E-state index in [0.29, 0.717) is 0 Å². The van der Waals surface area contributed by atoms with Crippen molar-refractivity contribution in [2.24, 2.45) is 5.73 Å². The minimum Gasteiger partial charge on any atom is -0.392 e. The second kappa shape index (κ2) is 5.29. The quantitative estimate of drug-likeness (QED) is 0.537. The van der Waals surface area contributed by atoms with Crippen molar-refractivity contribution in [2.45, 2.75) is 25.5 Å². The molecule has 92 valence electrons. The van der Waals surface area contributed by atoms with Crippen molar-refractivity contribution in [1.29, 1.82) is 5.41 Å². The molecule has 0 aliphatic carbocycles. The zero-order valence-electron chi connectivity index (χ0n) is 9.89. The highest BCUT2D eigenvalue weighted by molar-refractivity contribution is 5.95. The Kier molecular flexibility index (Phi) is 3.76. The summed E-state index contributed by atoms with van der Waals surface area (Å²) in [6.45, 7) is 2.59. The third-order valence-electron chi connectivity index (χ3n) is 3.12. The number of benzene rings is 1. The molecule has 0 radical (unpaired) electrons. The van der Waals surface area contributed by atoms with E-state index in [1.807, 2.05) is 24.3 Å². The van der Waals surface area contributed by atoms with Gasteiger partial charge in [0.2, 0.25) is 0 Å². The van der Waals surface area contributed by atoms with Gasteiger partial charge >= 0.3 is 0 Å². The Hall–Kier alpha value is -1.39. The summed E-state index contributed by atoms with van der Waals surface area (Å²) in [6.07, 6.45) is 1.76. The third kappa shape index (κ3) is 3.28. The van der Waals surface area contributed by atoms with E-state index < -0.39 is 0 Å². The van der Waals surface area contributed by atoms with Crippen LogP contribution in [0.25, 0.3) is 0 Å². The van der Waals surface area contributed by atoms with Gasteiger partial charge in [0, 0.05) is 18.7 Å². The van der Waals surface area contributed by atoms with Crippen molar-refractivity contribution < 1.29 is 5.11 Å². The van der Waals surface area contributed by atoms with Gasteiger partial charge < -0.3 is 10.8 Å². The normalized spacial score (nSPS) is 21.4. The van der Waals surface area contributed by atoms with Crippen LogP contribution in [0.1, 0.15) is 24.0 Å². The number of nitrogen functional groups attached to an aromatic ring is 1. The Morgan fingerprint density at radius 3 is 3.06 bits per heavy atom. The minimum atomic E-state index is -0.195. The SMILES string of the molecule is N=C(N)c1cccc(CN2CCCC(O)C2)c1. The van der Waals surface area contributed by atoms with Crippen LogP contribution in [0.2, 0.25) is 0 Å². The van der Waals surface area contributed by atoms with Gasteiger partial charge in [-0.2, -0.15) is 0 Å². The van der Waals surface area contributed by atoms with Gasteiger partial charge in [-0.05, 0) is 31.0 Å². The Morgan fingerprint density at radius 1 is 1.53 bits per heavy atom. The number of nitrogens with zero attached hydrogens (tertiary/aromatic N) is 1. The van der Waals surface area contributed by atoms with E-state index in [1.165, 1.54) is 0 Å². The highest BCUT2D eigenvalue weighted by Crippen LogP contribution is 2.14. The molecule has 4 heteroatoms. The molecule has 0 bridgehead atoms. The van der Waals surface area contributed by atoms with Crippen LogP contribution in [0.4, 0.5) is 0 Å². The number of likely N-dealkylation sites (tertiary alicyclic amines) is 1. The largest absolute Gasteiger partial charge is 0.392 e. The Labute approximate surface area is 102 Å². The summed E-state index contributed by atoms with van der Waals surface area (Å²) in [4.78, 5) is 2.24. The topological polar surface area (TPSA) is 73.3 Å². The maximum absolute atomic E-state index is 9.60. The molecule has 1 aliphatic heterocycles. The number of hydrogen-bond acceptors (Lipinski definition) is 3. The van der Waals surface area contributed by atoms with Gasteiger partial charge in [0.1, 0.15) is 5.84 Å². The zero-order chi connectivity index (χ0) is 12.3. The number of aliphatic hydroxyl groups is 1. The molecule has 0 amide bonds. The van der Waals surface area contributed by atoms with E-state index in [4.69, 9.17) is 11.1 Å². The van der Waals surface area contributed by atoms with Crippen LogP contribution < -0.4 is 5.73 Å². The molecule has 4 N–H and O–H groups in total. The second-order valence-electron chi connectivity index (χ2n) is 4.65. The maximum Gasteiger partial charge on any atom is 0.122 e. The second-order valence-corrected chi connectivity index (χ2v) is 4.65. The van der Waals surface area contributed by atoms with Crippen molar-refractivity contribution >= 4 is 5.84 Å². The summed E-state index contributed by atoms with van der Waals surface area (Å²) >= 11 is 0. The van der Waals surface area contributed by atoms with Crippen molar-refractivity contribution in [3.8, 4) is 0 Å². The lowest BCUT2D eigenvalue weighted by atomic mass is 10.1. The van der Waals surface area contributed by atoms with E-state index >= 15 is 0 Å². The molecular formula is C13H19N3O. The first kappa shape index (κ1) is 12.1. The first-order valence-corrected chi connectivity index (χ1v) is 5.99. The van der Waals surface area contributed by atoms with Crippen LogP contribution in [-0.4, -0.2) is 35.0 Å². The molecule has 1 aliphatic rings. The molecule has 0 saturated carbocycles. The first-order valence-electron chi connectivity index (χ1n) is 5.99. The third-order valence-corrected chi connectivity index (χ3v) is 3.12. The zero-order valence-corrected chi connectivity index (χ0v) is 9.89. The Morgan fingerprint density at radius 2 is 2.35 bits per heavy atom. The molecule has 1 saturated heterocycles. The molecular weight excluding hydrogens is 214 g/mol. The maximum atomic E-state index is 9.60. The van der Waals surface area contributed by atoms with E-state index in [1.54, 1.807) is 0 Å². The number of rotatable bonds is 3. The Bertz CT molecular complexity index is 405. The van der Waals surface area contributed by atoms with Gasteiger partial charge in [-0.15, -0.1) is 0 Å². The van der Waals surface area contributed by atoms with E-state index in [2.05, 4.69) is 4.90 Å². The van der Waals surface area contributed by atoms with E-state index in [0.717, 1.165) is 43.6 Å². The number of β-amino-alcohol motifs (C(OH)–C–C–N with tert-alkyl or cyclic N) is 1. The highest BCUT2D eigenvalue weighted by Gasteiger charge is 2.17. The van der Waals surface area contributed by atoms with Crippen molar-refractivity contribution in [3.63, 3.8) is 0 Å². The summed E-state index contributed by atoms with van der Waals surface area (Å²) in [5, 5.41) is 17.0. The van der Waals surface area contributed by atoms with Gasteiger partial charge in [0.15, 0.2) is 0 Å². The predicted molar refractivity (Wildman–Crippen MR) is 68.0 cm³/mol. The predicted octanol–water partition coefficient (Wildman–Crippen LogP) is 0.927. The fourth-order valence-electron chi connectivity index (χ4n) is 2.27. The van der Waals surface area contributed by atoms with E-state index in [9.17, 15) is 5.11 Å². The Balaban J connectivity index is 2.02. The summed E-state index contributed by atoms with van der Waals surface area (Å²) in [7, 11) is 0. The van der Waals surface area contributed by atoms with Crippen molar-refractivity contribution in [3.05, 3.63) is 35.4 Å². The fourth-order valence-corrected chi connectivity index (χ4v) is 2.27. The minimum absolute atomic E-state index is 0.102. The molecule has 2 rings (SSSR count). The van der Waals surface area contributed by atoms with Gasteiger partial charge in [0.25, 0.3) is 0 Å². The van der Waals surface area contributed by atoms with Crippen LogP contribution in [0, 0.1) is 5.41 Å². The lowest BCUT2D eigenvalue weighted by Crippen LogP contribution is -2.37. The number of nitrogens with one attached hydrogen (secondary N) is 1. The summed E-state index contributed by atoms with van der Waals surface area (Å²) < 4.78 is 0. The lowest BCUT2D eigenvalue weighted by molar-refractivity contribution is 0.0668. The van der Waals surface area contributed by atoms with Gasteiger partial charge in [-0.25, -0.2) is 0 Å². The molecule has 17 heavy (non-hydrogen) atoms. The van der Waals surface area contributed by atoms with Gasteiger partial charge in [-0.1, -0.05) is 18.2 Å². The lowest BCUT2D eigenvalue weighted by Gasteiger charge is -2.30. The summed E-state index contributed by atoms with van der Waals surface area (Å²) in [6, 6.07) is 7.75. The van der Waals surface area contributed by atoms with E-state index in [-0.39, 0.29) is 11.9 Å². The molecule has 1 atom stereocenters. The molecule has 1 aromatic rings. The molecule has 0 aromatic heterocycles. The number of nitrogens with two attached hydrogens (primary N) is 1. The highest BCUT2D eigenvalue weighted by atomic mass is 16.3. The van der Waals surface area contributed by atoms with Crippen LogP contribution >= 0.6 is 0 Å². The van der Waals surface area contributed by atoms with Crippen molar-refractivity contribution in [1.82, 2.24) is 4.90 Å². The fraction of sp³-hybridized carbons (Fsp3) is 0.462. The molecule has 1 aromatic carbocycles. The van der Waals surface area contributed by atoms with Crippen LogP contribution in [0.3, 0.4) is 0 Å². The molecule has 4 nitrogen and oxygen atoms in total. The first-order chi connectivity index (χ1) is 8.15. The van der Waals surface area contributed by atoms with Gasteiger partial charge in [0.05, 0.1) is 6.10 Å². The standard InChI is InChI=1S/C13H19N3O/c14-13(15)11-4-1-3-10(7-11)8-16-6-2-5-12(17)9-16/h1,3-4,7,12,17H,2,5-6,8-9H2,(H3,14,15). The van der Waals surface area contributed by atoms with Crippen LogP contribution in [0.5, 0.6) is 0 Å². The van der Waals surface area contributed by atoms with Crippen LogP contribution in [0.15, 0.2) is 24.3 Å².